The number of nitrogens with zero attached hydrogens (tertiary/aromatic N) is 2. The van der Waals surface area contributed by atoms with Crippen LogP contribution >= 0.6 is 27.3 Å². The standard InChI is InChI=1S/C15H16BrN3OS/c1-2-4-13-18-19-15(21-13)17-14(20)12-8-11(12)9-5-3-6-10(16)7-9/h3,5-7,11-12H,2,4,8H2,1H3,(H,17,19,20). The topological polar surface area (TPSA) is 54.9 Å². The minimum absolute atomic E-state index is 0.0535. The quantitative estimate of drug-likeness (QED) is 0.870. The first-order valence-electron chi connectivity index (χ1n) is 7.06. The molecule has 6 heteroatoms. The first-order chi connectivity index (χ1) is 10.2. The van der Waals surface area contributed by atoms with Gasteiger partial charge in [-0.25, -0.2) is 0 Å². The van der Waals surface area contributed by atoms with Gasteiger partial charge in [0.15, 0.2) is 0 Å². The van der Waals surface area contributed by atoms with Crippen molar-refractivity contribution in [3.05, 3.63) is 39.3 Å². The zero-order chi connectivity index (χ0) is 14.8. The molecule has 1 aliphatic rings. The van der Waals surface area contributed by atoms with Gasteiger partial charge < -0.3 is 5.32 Å². The maximum absolute atomic E-state index is 12.2. The van der Waals surface area contributed by atoms with Gasteiger partial charge in [0.2, 0.25) is 11.0 Å². The van der Waals surface area contributed by atoms with E-state index in [2.05, 4.69) is 50.5 Å². The number of aryl methyl sites for hydroxylation is 1. The van der Waals surface area contributed by atoms with Gasteiger partial charge >= 0.3 is 0 Å². The molecule has 2 atom stereocenters. The van der Waals surface area contributed by atoms with Gasteiger partial charge in [-0.2, -0.15) is 0 Å². The van der Waals surface area contributed by atoms with Crippen LogP contribution in [0.15, 0.2) is 28.7 Å². The number of carbonyl (C=O) groups is 1. The van der Waals surface area contributed by atoms with Crippen molar-refractivity contribution in [2.45, 2.75) is 32.1 Å². The Morgan fingerprint density at radius 3 is 3.10 bits per heavy atom. The first kappa shape index (κ1) is 14.7. The molecular weight excluding hydrogens is 350 g/mol. The number of hydrogen-bond acceptors (Lipinski definition) is 4. The molecule has 0 spiro atoms. The van der Waals surface area contributed by atoms with Crippen LogP contribution in [-0.2, 0) is 11.2 Å². The highest BCUT2D eigenvalue weighted by atomic mass is 79.9. The van der Waals surface area contributed by atoms with Gasteiger partial charge in [0.25, 0.3) is 0 Å². The lowest BCUT2D eigenvalue weighted by Gasteiger charge is -2.02. The van der Waals surface area contributed by atoms with E-state index in [9.17, 15) is 4.79 Å². The molecule has 2 aromatic rings. The highest BCUT2D eigenvalue weighted by molar-refractivity contribution is 9.10. The number of amides is 1. The number of carbonyl (C=O) groups excluding carboxylic acids is 1. The summed E-state index contributed by atoms with van der Waals surface area (Å²) in [5.41, 5.74) is 1.22. The average Bonchev–Trinajstić information content (AvgIpc) is 3.15. The Balaban J connectivity index is 1.59. The molecule has 1 fully saturated rings. The molecule has 1 heterocycles. The second-order valence-electron chi connectivity index (χ2n) is 5.24. The number of halogens is 1. The zero-order valence-electron chi connectivity index (χ0n) is 11.7. The molecule has 4 nitrogen and oxygen atoms in total. The van der Waals surface area contributed by atoms with Crippen LogP contribution < -0.4 is 5.32 Å². The molecule has 21 heavy (non-hydrogen) atoms. The molecule has 1 aromatic heterocycles. The Hall–Kier alpha value is -1.27. The third-order valence-corrected chi connectivity index (χ3v) is 4.96. The van der Waals surface area contributed by atoms with Crippen LogP contribution in [0.4, 0.5) is 5.13 Å². The second-order valence-corrected chi connectivity index (χ2v) is 7.22. The normalized spacial score (nSPS) is 20.3. The second kappa shape index (κ2) is 6.23. The van der Waals surface area contributed by atoms with Crippen LogP contribution in [-0.4, -0.2) is 16.1 Å². The summed E-state index contributed by atoms with van der Waals surface area (Å²) in [4.78, 5) is 12.2. The molecule has 3 rings (SSSR count). The Bertz CT molecular complexity index is 658. The summed E-state index contributed by atoms with van der Waals surface area (Å²) in [6.07, 6.45) is 2.86. The van der Waals surface area contributed by atoms with Gasteiger partial charge in [-0.05, 0) is 36.5 Å². The fourth-order valence-electron chi connectivity index (χ4n) is 2.41. The van der Waals surface area contributed by atoms with Crippen molar-refractivity contribution in [1.29, 1.82) is 0 Å². The number of nitrogens with one attached hydrogen (secondary N) is 1. The van der Waals surface area contributed by atoms with Crippen molar-refractivity contribution < 1.29 is 4.79 Å². The van der Waals surface area contributed by atoms with Crippen LogP contribution in [0, 0.1) is 5.92 Å². The number of benzene rings is 1. The lowest BCUT2D eigenvalue weighted by molar-refractivity contribution is -0.117. The van der Waals surface area contributed by atoms with Crippen LogP contribution in [0.1, 0.15) is 36.3 Å². The molecule has 0 saturated heterocycles. The summed E-state index contributed by atoms with van der Waals surface area (Å²) in [5, 5.41) is 12.6. The first-order valence-corrected chi connectivity index (χ1v) is 8.67. The SMILES string of the molecule is CCCc1nnc(NC(=O)C2CC2c2cccc(Br)c2)s1. The Labute approximate surface area is 136 Å². The van der Waals surface area contributed by atoms with Gasteiger partial charge in [-0.1, -0.05) is 46.3 Å². The van der Waals surface area contributed by atoms with E-state index in [-0.39, 0.29) is 11.8 Å². The highest BCUT2D eigenvalue weighted by Gasteiger charge is 2.44. The van der Waals surface area contributed by atoms with E-state index >= 15 is 0 Å². The molecule has 0 radical (unpaired) electrons. The van der Waals surface area contributed by atoms with Crippen molar-refractivity contribution in [3.63, 3.8) is 0 Å². The summed E-state index contributed by atoms with van der Waals surface area (Å²) in [7, 11) is 0. The fourth-order valence-corrected chi connectivity index (χ4v) is 3.67. The van der Waals surface area contributed by atoms with E-state index in [0.29, 0.717) is 11.0 Å². The van der Waals surface area contributed by atoms with Crippen molar-refractivity contribution in [3.8, 4) is 0 Å². The largest absolute Gasteiger partial charge is 0.300 e. The lowest BCUT2D eigenvalue weighted by atomic mass is 10.1. The van der Waals surface area contributed by atoms with E-state index in [4.69, 9.17) is 0 Å². The minimum Gasteiger partial charge on any atom is -0.300 e. The molecule has 0 bridgehead atoms. The molecule has 2 unspecified atom stereocenters. The maximum atomic E-state index is 12.2. The predicted molar refractivity (Wildman–Crippen MR) is 87.5 cm³/mol. The molecule has 1 aromatic carbocycles. The van der Waals surface area contributed by atoms with Gasteiger partial charge in [0, 0.05) is 16.8 Å². The van der Waals surface area contributed by atoms with Crippen molar-refractivity contribution >= 4 is 38.3 Å². The van der Waals surface area contributed by atoms with Gasteiger partial charge in [-0.3, -0.25) is 4.79 Å². The van der Waals surface area contributed by atoms with Crippen LogP contribution in [0.3, 0.4) is 0 Å². The molecule has 110 valence electrons. The Morgan fingerprint density at radius 2 is 2.33 bits per heavy atom. The molecule has 1 aliphatic carbocycles. The van der Waals surface area contributed by atoms with Gasteiger partial charge in [0.1, 0.15) is 5.01 Å². The van der Waals surface area contributed by atoms with E-state index in [0.717, 1.165) is 28.7 Å². The Kier molecular flexibility index (Phi) is 4.35. The van der Waals surface area contributed by atoms with E-state index < -0.39 is 0 Å². The molecule has 1 N–H and O–H groups in total. The predicted octanol–water partition coefficient (Wildman–Crippen LogP) is 4.00. The average molecular weight is 366 g/mol. The highest BCUT2D eigenvalue weighted by Crippen LogP contribution is 2.48. The van der Waals surface area contributed by atoms with Crippen LogP contribution in [0.5, 0.6) is 0 Å². The summed E-state index contributed by atoms with van der Waals surface area (Å²) in [6, 6.07) is 8.17. The minimum atomic E-state index is 0.0535. The maximum Gasteiger partial charge on any atom is 0.229 e. The molecule has 1 saturated carbocycles. The molecule has 0 aliphatic heterocycles. The van der Waals surface area contributed by atoms with Crippen molar-refractivity contribution in [2.24, 2.45) is 5.92 Å². The van der Waals surface area contributed by atoms with E-state index in [1.807, 2.05) is 12.1 Å². The van der Waals surface area contributed by atoms with E-state index in [1.54, 1.807) is 0 Å². The zero-order valence-corrected chi connectivity index (χ0v) is 14.1. The third-order valence-electron chi connectivity index (χ3n) is 3.56. The number of hydrogen-bond donors (Lipinski definition) is 1. The van der Waals surface area contributed by atoms with Gasteiger partial charge in [-0.15, -0.1) is 10.2 Å². The smallest absolute Gasteiger partial charge is 0.229 e. The van der Waals surface area contributed by atoms with Crippen LogP contribution in [0.2, 0.25) is 0 Å². The number of rotatable bonds is 5. The summed E-state index contributed by atoms with van der Waals surface area (Å²) >= 11 is 4.94. The summed E-state index contributed by atoms with van der Waals surface area (Å²) in [5.74, 6) is 0.433. The van der Waals surface area contributed by atoms with E-state index in [1.165, 1.54) is 16.9 Å². The Morgan fingerprint density at radius 1 is 1.48 bits per heavy atom. The number of aromatic nitrogens is 2. The lowest BCUT2D eigenvalue weighted by Crippen LogP contribution is -2.14. The van der Waals surface area contributed by atoms with Gasteiger partial charge in [0.05, 0.1) is 0 Å². The summed E-state index contributed by atoms with van der Waals surface area (Å²) < 4.78 is 1.05. The van der Waals surface area contributed by atoms with Crippen molar-refractivity contribution in [2.75, 3.05) is 5.32 Å². The van der Waals surface area contributed by atoms with Crippen molar-refractivity contribution in [1.82, 2.24) is 10.2 Å². The molecular formula is C15H16BrN3OS. The monoisotopic (exact) mass is 365 g/mol. The van der Waals surface area contributed by atoms with Crippen LogP contribution in [0.25, 0.3) is 0 Å². The molecule has 1 amide bonds. The third kappa shape index (κ3) is 3.49. The number of anilines is 1. The fraction of sp³-hybridized carbons (Fsp3) is 0.400. The summed E-state index contributed by atoms with van der Waals surface area (Å²) in [6.45, 7) is 2.10.